The molecular formula is C60H92N10O18. The third-order valence-corrected chi connectivity index (χ3v) is 14.2. The Morgan fingerprint density at radius 2 is 1.20 bits per heavy atom. The van der Waals surface area contributed by atoms with Gasteiger partial charge in [0.2, 0.25) is 29.5 Å². The van der Waals surface area contributed by atoms with Crippen LogP contribution in [0.5, 0.6) is 0 Å². The average Bonchev–Trinajstić information content (AvgIpc) is 3.40. The monoisotopic (exact) mass is 1240 g/mol. The number of alkyl carbamates (subject to hydrolysis) is 2. The number of hydrogen-bond acceptors (Lipinski definition) is 18. The Kier molecular flexibility index (Phi) is 33.0. The number of nitrogens with one attached hydrogen (secondary N) is 7. The first-order valence-electron chi connectivity index (χ1n) is 29.3. The van der Waals surface area contributed by atoms with Gasteiger partial charge < -0.3 is 83.7 Å². The molecule has 88 heavy (non-hydrogen) atoms. The summed E-state index contributed by atoms with van der Waals surface area (Å²) in [5.74, 6) is -14.3. The summed E-state index contributed by atoms with van der Waals surface area (Å²) in [6.45, 7) is 11.5. The van der Waals surface area contributed by atoms with Gasteiger partial charge in [-0.1, -0.05) is 108 Å². The second-order valence-electron chi connectivity index (χ2n) is 22.9. The quantitative estimate of drug-likeness (QED) is 0.0249. The van der Waals surface area contributed by atoms with Crippen LogP contribution in [0.1, 0.15) is 131 Å². The molecule has 0 aliphatic heterocycles. The molecule has 2 aromatic rings. The lowest BCUT2D eigenvalue weighted by Crippen LogP contribution is -2.62. The van der Waals surface area contributed by atoms with Gasteiger partial charge in [-0.05, 0) is 69.9 Å². The lowest BCUT2D eigenvalue weighted by molar-refractivity contribution is -0.144. The highest BCUT2D eigenvalue weighted by Gasteiger charge is 2.41. The van der Waals surface area contributed by atoms with Crippen LogP contribution in [0.3, 0.4) is 0 Å². The van der Waals surface area contributed by atoms with Crippen molar-refractivity contribution in [3.05, 3.63) is 71.8 Å². The molecule has 0 aliphatic rings. The molecule has 0 heterocycles. The molecule has 0 saturated heterocycles. The number of aliphatic carboxylic acids is 1. The van der Waals surface area contributed by atoms with E-state index in [2.05, 4.69) is 36.9 Å². The Balaban J connectivity index is 2.51. The maximum absolute atomic E-state index is 14.8. The van der Waals surface area contributed by atoms with E-state index < -0.39 is 188 Å². The van der Waals surface area contributed by atoms with Crippen LogP contribution in [0.2, 0.25) is 0 Å². The molecule has 7 amide bonds. The van der Waals surface area contributed by atoms with Crippen molar-refractivity contribution in [3.63, 3.8) is 0 Å². The lowest BCUT2D eigenvalue weighted by Gasteiger charge is -2.33. The van der Waals surface area contributed by atoms with E-state index in [1.54, 1.807) is 116 Å². The SMILES string of the molecule is CCC[C@H](NC(=O)C(NC(=O)[C@@H](NC(=O)OCc1ccccc1)[C@H](NC(=O)OC(C)(C)C)c1ccccc1)[C@H](O)C(C)C)C(=O)C[C@H](CCCN=C(N)N)C(=O)N[C@H](C(=O)C[C@H](C(=O)NCC(=O)C[C@@H](CO)C(=O)N[C@@H](CO)C(=O)O)[C@H](C)O)[C@@H](C)CC. The molecule has 0 fully saturated rings. The van der Waals surface area contributed by atoms with Crippen LogP contribution < -0.4 is 48.7 Å². The summed E-state index contributed by atoms with van der Waals surface area (Å²) in [6.07, 6.45) is -6.35. The van der Waals surface area contributed by atoms with E-state index in [9.17, 15) is 73.2 Å². The molecule has 1 unspecified atom stereocenters. The number of aliphatic hydroxyl groups is 4. The van der Waals surface area contributed by atoms with Crippen LogP contribution in [0, 0.1) is 29.6 Å². The number of carbonyl (C=O) groups excluding carboxylic acids is 10. The molecule has 0 aromatic heterocycles. The topological polar surface area (TPSA) is 456 Å². The fourth-order valence-corrected chi connectivity index (χ4v) is 8.95. The van der Waals surface area contributed by atoms with Crippen LogP contribution in [0.25, 0.3) is 0 Å². The fraction of sp³-hybridized carbons (Fsp3) is 0.600. The predicted octanol–water partition coefficient (Wildman–Crippen LogP) is 0.696. The van der Waals surface area contributed by atoms with E-state index >= 15 is 0 Å². The van der Waals surface area contributed by atoms with Crippen LogP contribution in [-0.2, 0) is 59.2 Å². The molecule has 12 atom stereocenters. The number of ketones is 3. The highest BCUT2D eigenvalue weighted by Crippen LogP contribution is 2.23. The van der Waals surface area contributed by atoms with Gasteiger partial charge in [0.25, 0.3) is 0 Å². The predicted molar refractivity (Wildman–Crippen MR) is 321 cm³/mol. The van der Waals surface area contributed by atoms with Gasteiger partial charge in [0, 0.05) is 31.7 Å². The molecule has 28 heteroatoms. The van der Waals surface area contributed by atoms with E-state index in [-0.39, 0.29) is 38.4 Å². The lowest BCUT2D eigenvalue weighted by atomic mass is 9.86. The van der Waals surface area contributed by atoms with Crippen molar-refractivity contribution in [3.8, 4) is 0 Å². The summed E-state index contributed by atoms with van der Waals surface area (Å²) in [7, 11) is 0. The standard InChI is InChI=1S/C60H92N10O18/c1-10-19-42(65-55(82)49(50(77)33(3)4)68-54(81)48(70-58(85)87-32-36-20-14-12-15-21-36)47(37-22-16-13-17-23-37)69-59(86)88-60(7,8)9)44(75)27-38(24-18-25-63-57(61)62)51(78)67-46(34(5)11-2)45(76)28-41(35(6)73)53(80)64-29-40(74)26-39(30-71)52(79)66-43(31-72)56(83)84/h12-17,20-23,33-35,38-39,41-43,46-50,71-73,77H,10-11,18-19,24-32H2,1-9H3,(H,64,80)(H,65,82)(H,66,79)(H,67,78)(H,68,81)(H,69,86)(H,70,85)(H,83,84)(H4,61,62,63)/t34-,35-,38-,39-,41-,42-,43-,46-,47+,48-,49?,50+/m0/s1. The summed E-state index contributed by atoms with van der Waals surface area (Å²) in [5.41, 5.74) is 11.0. The number of carboxylic acids is 1. The number of aliphatic hydroxyl groups excluding tert-OH is 4. The Bertz CT molecular complexity index is 2650. The number of hydrogen-bond donors (Lipinski definition) is 14. The van der Waals surface area contributed by atoms with Crippen molar-refractivity contribution < 1.29 is 87.7 Å². The van der Waals surface area contributed by atoms with Crippen LogP contribution >= 0.6 is 0 Å². The Morgan fingerprint density at radius 3 is 1.74 bits per heavy atom. The van der Waals surface area contributed by atoms with Gasteiger partial charge in [-0.15, -0.1) is 0 Å². The zero-order chi connectivity index (χ0) is 66.4. The molecule has 0 bridgehead atoms. The molecule has 2 rings (SSSR count). The minimum absolute atomic E-state index is 0.00373. The first-order chi connectivity index (χ1) is 41.4. The Morgan fingerprint density at radius 1 is 0.625 bits per heavy atom. The molecule has 0 saturated carbocycles. The number of benzene rings is 2. The zero-order valence-electron chi connectivity index (χ0n) is 51.6. The minimum Gasteiger partial charge on any atom is -0.480 e. The number of nitrogens with zero attached hydrogens (tertiary/aromatic N) is 1. The number of carbonyl (C=O) groups is 11. The van der Waals surface area contributed by atoms with Gasteiger partial charge >= 0.3 is 18.2 Å². The number of Topliss-reactive ketones (excluding diaryl/α,β-unsaturated/α-hetero) is 3. The number of rotatable bonds is 39. The van der Waals surface area contributed by atoms with Gasteiger partial charge in [0.1, 0.15) is 30.3 Å². The summed E-state index contributed by atoms with van der Waals surface area (Å²) < 4.78 is 11.0. The molecule has 28 nitrogen and oxygen atoms in total. The van der Waals surface area contributed by atoms with Gasteiger partial charge in [-0.2, -0.15) is 0 Å². The summed E-state index contributed by atoms with van der Waals surface area (Å²) in [6, 6.07) is 7.37. The molecule has 0 aliphatic carbocycles. The van der Waals surface area contributed by atoms with E-state index in [1.807, 2.05) is 5.32 Å². The smallest absolute Gasteiger partial charge is 0.408 e. The van der Waals surface area contributed by atoms with Crippen LogP contribution in [0.4, 0.5) is 9.59 Å². The number of nitrogens with two attached hydrogens (primary N) is 2. The third-order valence-electron chi connectivity index (χ3n) is 14.2. The zero-order valence-corrected chi connectivity index (χ0v) is 51.6. The highest BCUT2D eigenvalue weighted by molar-refractivity contribution is 5.98. The van der Waals surface area contributed by atoms with Crippen molar-refractivity contribution in [1.82, 2.24) is 37.2 Å². The molecule has 2 aromatic carbocycles. The first kappa shape index (κ1) is 76.0. The normalized spacial score (nSPS) is 15.4. The first-order valence-corrected chi connectivity index (χ1v) is 29.3. The van der Waals surface area contributed by atoms with E-state index in [0.717, 1.165) is 0 Å². The fourth-order valence-electron chi connectivity index (χ4n) is 8.95. The maximum Gasteiger partial charge on any atom is 0.408 e. The summed E-state index contributed by atoms with van der Waals surface area (Å²) in [5, 5.41) is 67.9. The van der Waals surface area contributed by atoms with Crippen molar-refractivity contribution in [2.24, 2.45) is 46.0 Å². The molecule has 0 radical (unpaired) electrons. The van der Waals surface area contributed by atoms with E-state index in [0.29, 0.717) is 24.0 Å². The minimum atomic E-state index is -1.82. The molecular weight excluding hydrogens is 1150 g/mol. The second kappa shape index (κ2) is 38.3. The van der Waals surface area contributed by atoms with Gasteiger partial charge in [0.05, 0.1) is 61.9 Å². The van der Waals surface area contributed by atoms with Gasteiger partial charge in [0.15, 0.2) is 23.3 Å². The number of aliphatic imine (C=N–C) groups is 1. The van der Waals surface area contributed by atoms with E-state index in [1.165, 1.54) is 6.92 Å². The van der Waals surface area contributed by atoms with Gasteiger partial charge in [-0.3, -0.25) is 43.3 Å². The van der Waals surface area contributed by atoms with Crippen molar-refractivity contribution >= 4 is 71.0 Å². The van der Waals surface area contributed by atoms with E-state index in [4.69, 9.17) is 26.0 Å². The molecule has 490 valence electrons. The molecule has 16 N–H and O–H groups in total. The highest BCUT2D eigenvalue weighted by atomic mass is 16.6. The van der Waals surface area contributed by atoms with Crippen molar-refractivity contribution in [2.45, 2.75) is 174 Å². The second-order valence-corrected chi connectivity index (χ2v) is 22.9. The van der Waals surface area contributed by atoms with Crippen molar-refractivity contribution in [1.29, 1.82) is 0 Å². The summed E-state index contributed by atoms with van der Waals surface area (Å²) >= 11 is 0. The average molecular weight is 1240 g/mol. The Labute approximate surface area is 512 Å². The largest absolute Gasteiger partial charge is 0.480 e. The Hall–Kier alpha value is -8.08. The maximum atomic E-state index is 14.8. The van der Waals surface area contributed by atoms with Crippen LogP contribution in [-0.4, -0.2) is 171 Å². The molecule has 0 spiro atoms. The number of ether oxygens (including phenoxy) is 2. The summed E-state index contributed by atoms with van der Waals surface area (Å²) in [4.78, 5) is 154. The van der Waals surface area contributed by atoms with Gasteiger partial charge in [-0.25, -0.2) is 14.4 Å². The number of guanidine groups is 1. The number of amides is 7. The van der Waals surface area contributed by atoms with Crippen LogP contribution in [0.15, 0.2) is 65.7 Å². The third kappa shape index (κ3) is 26.9. The number of carboxylic acid groups (broad SMARTS) is 1. The van der Waals surface area contributed by atoms with Crippen molar-refractivity contribution in [2.75, 3.05) is 26.3 Å².